The maximum Gasteiger partial charge on any atom is 0.315 e. The molecule has 13 nitrogen and oxygen atoms in total. The van der Waals surface area contributed by atoms with Crippen molar-refractivity contribution in [3.63, 3.8) is 0 Å². The second kappa shape index (κ2) is 19.3. The normalized spacial score (nSPS) is 12.2. The van der Waals surface area contributed by atoms with Gasteiger partial charge in [-0.2, -0.15) is 0 Å². The second-order valence-corrected chi connectivity index (χ2v) is 13.7. The molecule has 0 aliphatic rings. The molecule has 1 heterocycles. The zero-order chi connectivity index (χ0) is 38.5. The number of methoxy groups -OCH3 is 1. The number of rotatable bonds is 17. The lowest BCUT2D eigenvalue weighted by Gasteiger charge is -2.25. The van der Waals surface area contributed by atoms with Gasteiger partial charge in [-0.05, 0) is 94.3 Å². The van der Waals surface area contributed by atoms with Crippen LogP contribution in [0, 0.1) is 24.0 Å². The van der Waals surface area contributed by atoms with E-state index in [1.54, 1.807) is 19.2 Å². The highest BCUT2D eigenvalue weighted by Gasteiger charge is 2.17. The number of carbonyl (C=O) groups excluding carboxylic acids is 2. The number of nitro groups is 1. The predicted molar refractivity (Wildman–Crippen MR) is 208 cm³/mol. The maximum absolute atomic E-state index is 12.7. The summed E-state index contributed by atoms with van der Waals surface area (Å²) in [5.41, 5.74) is 7.94. The first-order valence-electron chi connectivity index (χ1n) is 17.6. The quantitative estimate of drug-likeness (QED) is 0.0854. The summed E-state index contributed by atoms with van der Waals surface area (Å²) in [6, 6.07) is 24.8. The number of hydrogen-bond donors (Lipinski definition) is 4. The van der Waals surface area contributed by atoms with Crippen LogP contribution >= 0.6 is 0 Å². The summed E-state index contributed by atoms with van der Waals surface area (Å²) in [7, 11) is 9.58. The van der Waals surface area contributed by atoms with Crippen LogP contribution in [0.25, 0.3) is 11.1 Å². The zero-order valence-electron chi connectivity index (χ0n) is 31.7. The van der Waals surface area contributed by atoms with Gasteiger partial charge in [0.15, 0.2) is 0 Å². The van der Waals surface area contributed by atoms with E-state index in [0.29, 0.717) is 31.1 Å². The van der Waals surface area contributed by atoms with Crippen molar-refractivity contribution in [3.8, 4) is 17.0 Å². The van der Waals surface area contributed by atoms with Crippen LogP contribution in [0.4, 0.5) is 15.3 Å². The lowest BCUT2D eigenvalue weighted by molar-refractivity contribution is -0.384. The Bertz CT molecular complexity index is 1830. The number of likely N-dealkylation sites (N-methyl/N-ethyl adjacent to an activating group) is 2. The summed E-state index contributed by atoms with van der Waals surface area (Å²) in [5, 5.41) is 22.7. The number of ether oxygens (including phenoxy) is 1. The Labute approximate surface area is 312 Å². The van der Waals surface area contributed by atoms with E-state index in [-0.39, 0.29) is 36.4 Å². The number of amides is 4. The number of aromatic nitrogens is 1. The van der Waals surface area contributed by atoms with Crippen molar-refractivity contribution in [2.45, 2.75) is 51.9 Å². The van der Waals surface area contributed by atoms with Gasteiger partial charge in [-0.25, -0.2) is 14.6 Å². The molecular weight excluding hydrogens is 672 g/mol. The number of hydrogen-bond acceptors (Lipinski definition) is 8. The highest BCUT2D eigenvalue weighted by molar-refractivity contribution is 5.74. The molecule has 0 saturated heterocycles. The van der Waals surface area contributed by atoms with Crippen LogP contribution in [-0.2, 0) is 25.9 Å². The summed E-state index contributed by atoms with van der Waals surface area (Å²) in [6.07, 6.45) is 1.51. The molecule has 0 unspecified atom stereocenters. The molecule has 0 spiro atoms. The smallest absolute Gasteiger partial charge is 0.315 e. The van der Waals surface area contributed by atoms with Crippen LogP contribution in [0.15, 0.2) is 78.9 Å². The van der Waals surface area contributed by atoms with Gasteiger partial charge >= 0.3 is 12.1 Å². The Balaban J connectivity index is 1.25. The summed E-state index contributed by atoms with van der Waals surface area (Å²) >= 11 is 0. The van der Waals surface area contributed by atoms with E-state index < -0.39 is 4.92 Å². The largest absolute Gasteiger partial charge is 0.481 e. The van der Waals surface area contributed by atoms with Gasteiger partial charge in [0, 0.05) is 55.1 Å². The molecule has 2 atom stereocenters. The standard InChI is InChI=1S/C40H52N8O5/c1-27-19-28(2)45-38(53-7)37(27)26-44-40(50)43-25-36(47(5)6)21-30-13-17-33(18-14-30)32-15-11-29(12-16-32)20-35(46(3)4)24-42-39(49)41-23-31-9-8-10-34(22-31)48(51)52/h8-19,22,35-36H,20-21,23-26H2,1-7H3,(H2,41,42,49)(H2,43,44,50)/t35-,36+/m0/s1. The molecule has 0 aliphatic heterocycles. The fraction of sp³-hybridized carbons (Fsp3) is 0.375. The van der Waals surface area contributed by atoms with E-state index in [2.05, 4.69) is 84.6 Å². The van der Waals surface area contributed by atoms with Gasteiger partial charge in [0.05, 0.1) is 18.6 Å². The van der Waals surface area contributed by atoms with E-state index >= 15 is 0 Å². The number of carbonyl (C=O) groups is 2. The molecule has 0 radical (unpaired) electrons. The number of benzene rings is 3. The molecule has 0 saturated carbocycles. The monoisotopic (exact) mass is 724 g/mol. The lowest BCUT2D eigenvalue weighted by atomic mass is 9.98. The molecule has 0 bridgehead atoms. The predicted octanol–water partition coefficient (Wildman–Crippen LogP) is 5.23. The fourth-order valence-electron chi connectivity index (χ4n) is 5.98. The topological polar surface area (TPSA) is 154 Å². The van der Waals surface area contributed by atoms with Crippen LogP contribution in [0.3, 0.4) is 0 Å². The highest BCUT2D eigenvalue weighted by Crippen LogP contribution is 2.23. The Morgan fingerprint density at radius 3 is 1.72 bits per heavy atom. The van der Waals surface area contributed by atoms with Crippen LogP contribution in [0.5, 0.6) is 5.88 Å². The number of non-ortho nitro benzene ring substituents is 1. The molecule has 53 heavy (non-hydrogen) atoms. The third-order valence-corrected chi connectivity index (χ3v) is 9.27. The third kappa shape index (κ3) is 12.3. The second-order valence-electron chi connectivity index (χ2n) is 13.7. The minimum Gasteiger partial charge on any atom is -0.481 e. The fourth-order valence-corrected chi connectivity index (χ4v) is 5.98. The molecule has 13 heteroatoms. The Morgan fingerprint density at radius 1 is 0.736 bits per heavy atom. The first-order chi connectivity index (χ1) is 25.3. The SMILES string of the molecule is COc1nc(C)cc(C)c1CNC(=O)NC[C@@H](Cc1ccc(-c2ccc(C[C@@H](CNC(=O)NCc3cccc([N+](=O)[O-])c3)N(C)C)cc2)cc1)N(C)C. The van der Waals surface area contributed by atoms with Gasteiger partial charge in [-0.1, -0.05) is 60.7 Å². The average molecular weight is 725 g/mol. The molecule has 4 aromatic rings. The van der Waals surface area contributed by atoms with Gasteiger partial charge in [-0.3, -0.25) is 10.1 Å². The van der Waals surface area contributed by atoms with Crippen molar-refractivity contribution in [2.75, 3.05) is 48.4 Å². The Morgan fingerprint density at radius 2 is 1.25 bits per heavy atom. The van der Waals surface area contributed by atoms with Crippen molar-refractivity contribution in [1.29, 1.82) is 0 Å². The highest BCUT2D eigenvalue weighted by atomic mass is 16.6. The van der Waals surface area contributed by atoms with E-state index in [0.717, 1.165) is 46.4 Å². The number of nitrogens with one attached hydrogen (secondary N) is 4. The van der Waals surface area contributed by atoms with Crippen molar-refractivity contribution in [1.82, 2.24) is 36.1 Å². The van der Waals surface area contributed by atoms with Crippen molar-refractivity contribution < 1.29 is 19.2 Å². The zero-order valence-corrected chi connectivity index (χ0v) is 31.7. The lowest BCUT2D eigenvalue weighted by Crippen LogP contribution is -2.45. The third-order valence-electron chi connectivity index (χ3n) is 9.27. The molecule has 282 valence electrons. The molecule has 4 rings (SSSR count). The number of urea groups is 2. The average Bonchev–Trinajstić information content (AvgIpc) is 3.13. The van der Waals surface area contributed by atoms with E-state index in [9.17, 15) is 19.7 Å². The molecule has 4 N–H and O–H groups in total. The summed E-state index contributed by atoms with van der Waals surface area (Å²) in [4.78, 5) is 44.4. The number of aryl methyl sites for hydroxylation is 2. The van der Waals surface area contributed by atoms with E-state index in [1.807, 2.05) is 48.1 Å². The number of nitrogens with zero attached hydrogens (tertiary/aromatic N) is 4. The van der Waals surface area contributed by atoms with Crippen molar-refractivity contribution in [3.05, 3.63) is 122 Å². The van der Waals surface area contributed by atoms with Crippen molar-refractivity contribution >= 4 is 17.7 Å². The Hall–Kier alpha value is -5.53. The maximum atomic E-state index is 12.7. The summed E-state index contributed by atoms with van der Waals surface area (Å²) in [6.45, 7) is 5.33. The minimum absolute atomic E-state index is 0.00738. The van der Waals surface area contributed by atoms with Gasteiger partial charge in [0.2, 0.25) is 5.88 Å². The molecular formula is C40H52N8O5. The summed E-state index contributed by atoms with van der Waals surface area (Å²) in [5.74, 6) is 0.526. The first kappa shape index (κ1) is 40.2. The van der Waals surface area contributed by atoms with E-state index in [1.165, 1.54) is 17.7 Å². The van der Waals surface area contributed by atoms with Crippen LogP contribution in [0.1, 0.15) is 33.5 Å². The van der Waals surface area contributed by atoms with E-state index in [4.69, 9.17) is 4.74 Å². The van der Waals surface area contributed by atoms with Gasteiger partial charge in [0.25, 0.3) is 5.69 Å². The molecule has 0 aliphatic carbocycles. The van der Waals surface area contributed by atoms with Crippen LogP contribution in [-0.4, -0.2) is 92.2 Å². The minimum atomic E-state index is -0.452. The van der Waals surface area contributed by atoms with Crippen molar-refractivity contribution in [2.24, 2.45) is 0 Å². The molecule has 3 aromatic carbocycles. The molecule has 0 fully saturated rings. The van der Waals surface area contributed by atoms with Gasteiger partial charge < -0.3 is 35.8 Å². The summed E-state index contributed by atoms with van der Waals surface area (Å²) < 4.78 is 5.42. The van der Waals surface area contributed by atoms with Crippen LogP contribution < -0.4 is 26.0 Å². The number of pyridine rings is 1. The molecule has 4 amide bonds. The molecule has 1 aromatic heterocycles. The van der Waals surface area contributed by atoms with Crippen LogP contribution in [0.2, 0.25) is 0 Å². The van der Waals surface area contributed by atoms with Gasteiger partial charge in [-0.15, -0.1) is 0 Å². The Kier molecular flexibility index (Phi) is 14.7. The number of nitro benzene ring substituents is 1. The first-order valence-corrected chi connectivity index (χ1v) is 17.6. The van der Waals surface area contributed by atoms with Gasteiger partial charge in [0.1, 0.15) is 0 Å².